The van der Waals surface area contributed by atoms with E-state index >= 15 is 0 Å². The van der Waals surface area contributed by atoms with Gasteiger partial charge in [-0.2, -0.15) is 0 Å². The molecule has 1 aromatic rings. The Morgan fingerprint density at radius 3 is 2.55 bits per heavy atom. The first-order chi connectivity index (χ1) is 15.7. The first-order valence-electron chi connectivity index (χ1n) is 12.4. The third kappa shape index (κ3) is 7.55. The lowest BCUT2D eigenvalue weighted by atomic mass is 10.1. The molecule has 0 saturated carbocycles. The van der Waals surface area contributed by atoms with Crippen LogP contribution in [0.4, 0.5) is 5.69 Å². The maximum absolute atomic E-state index is 11.9. The van der Waals surface area contributed by atoms with Gasteiger partial charge >= 0.3 is 0 Å². The molecule has 184 valence electrons. The fraction of sp³-hybridized carbons (Fsp3) is 0.680. The van der Waals surface area contributed by atoms with Crippen molar-refractivity contribution in [3.63, 3.8) is 0 Å². The highest BCUT2D eigenvalue weighted by atomic mass is 127. The lowest BCUT2D eigenvalue weighted by Crippen LogP contribution is -2.47. The number of piperidine rings is 1. The molecule has 1 N–H and O–H groups in total. The quantitative estimate of drug-likeness (QED) is 0.306. The number of amides is 1. The topological polar surface area (TPSA) is 66.4 Å². The zero-order valence-electron chi connectivity index (χ0n) is 19.8. The van der Waals surface area contributed by atoms with Crippen LogP contribution in [-0.2, 0) is 20.8 Å². The van der Waals surface area contributed by atoms with Crippen LogP contribution in [0.15, 0.2) is 29.3 Å². The van der Waals surface area contributed by atoms with Gasteiger partial charge < -0.3 is 24.6 Å². The third-order valence-electron chi connectivity index (χ3n) is 6.60. The summed E-state index contributed by atoms with van der Waals surface area (Å²) in [6.07, 6.45) is 7.84. The maximum atomic E-state index is 11.9. The van der Waals surface area contributed by atoms with E-state index in [1.165, 1.54) is 12.8 Å². The molecular formula is C25H39IN4O3. The second-order valence-corrected chi connectivity index (χ2v) is 8.99. The minimum Gasteiger partial charge on any atom is -0.376 e. The van der Waals surface area contributed by atoms with Crippen molar-refractivity contribution < 1.29 is 14.3 Å². The van der Waals surface area contributed by atoms with Crippen LogP contribution < -0.4 is 10.2 Å². The van der Waals surface area contributed by atoms with Gasteiger partial charge in [-0.3, -0.25) is 4.79 Å². The minimum atomic E-state index is 0. The summed E-state index contributed by atoms with van der Waals surface area (Å²) in [5.41, 5.74) is 2.15. The highest BCUT2D eigenvalue weighted by Crippen LogP contribution is 2.22. The van der Waals surface area contributed by atoms with Gasteiger partial charge in [0.05, 0.1) is 25.4 Å². The van der Waals surface area contributed by atoms with Gasteiger partial charge in [0.15, 0.2) is 5.96 Å². The van der Waals surface area contributed by atoms with E-state index in [9.17, 15) is 4.79 Å². The number of nitrogens with one attached hydrogen (secondary N) is 1. The molecule has 1 amide bonds. The Hall–Kier alpha value is -1.39. The predicted molar refractivity (Wildman–Crippen MR) is 142 cm³/mol. The van der Waals surface area contributed by atoms with Gasteiger partial charge in [-0.05, 0) is 63.1 Å². The van der Waals surface area contributed by atoms with Crippen molar-refractivity contribution in [1.82, 2.24) is 10.2 Å². The molecule has 0 spiro atoms. The van der Waals surface area contributed by atoms with Crippen LogP contribution in [0.3, 0.4) is 0 Å². The van der Waals surface area contributed by atoms with Crippen LogP contribution in [0.5, 0.6) is 0 Å². The van der Waals surface area contributed by atoms with Crippen molar-refractivity contribution in [2.45, 2.75) is 70.6 Å². The fourth-order valence-electron chi connectivity index (χ4n) is 4.71. The van der Waals surface area contributed by atoms with Gasteiger partial charge in [-0.1, -0.05) is 12.1 Å². The average molecular weight is 571 g/mol. The van der Waals surface area contributed by atoms with Crippen molar-refractivity contribution >= 4 is 41.5 Å². The lowest BCUT2D eigenvalue weighted by molar-refractivity contribution is -0.117. The number of carbonyl (C=O) groups is 1. The Morgan fingerprint density at radius 2 is 1.91 bits per heavy atom. The van der Waals surface area contributed by atoms with Crippen LogP contribution in [-0.4, -0.2) is 68.4 Å². The average Bonchev–Trinajstić information content (AvgIpc) is 3.27. The van der Waals surface area contributed by atoms with E-state index in [1.54, 1.807) is 0 Å². The van der Waals surface area contributed by atoms with Crippen LogP contribution in [0.1, 0.15) is 57.4 Å². The molecule has 1 aromatic carbocycles. The van der Waals surface area contributed by atoms with E-state index in [4.69, 9.17) is 14.5 Å². The summed E-state index contributed by atoms with van der Waals surface area (Å²) in [5, 5.41) is 3.45. The van der Waals surface area contributed by atoms with Gasteiger partial charge in [0.2, 0.25) is 5.91 Å². The number of hydrogen-bond donors (Lipinski definition) is 1. The summed E-state index contributed by atoms with van der Waals surface area (Å²) in [4.78, 5) is 21.0. The van der Waals surface area contributed by atoms with Crippen molar-refractivity contribution in [3.8, 4) is 0 Å². The summed E-state index contributed by atoms with van der Waals surface area (Å²) >= 11 is 0. The molecule has 3 aliphatic heterocycles. The highest BCUT2D eigenvalue weighted by Gasteiger charge is 2.24. The Morgan fingerprint density at radius 1 is 1.12 bits per heavy atom. The number of rotatable bonds is 7. The predicted octanol–water partition coefficient (Wildman–Crippen LogP) is 3.95. The van der Waals surface area contributed by atoms with Crippen LogP contribution in [0, 0.1) is 0 Å². The zero-order chi connectivity index (χ0) is 22.2. The van der Waals surface area contributed by atoms with Crippen molar-refractivity contribution in [3.05, 3.63) is 29.8 Å². The Labute approximate surface area is 215 Å². The molecular weight excluding hydrogens is 531 g/mol. The number of carbonyl (C=O) groups excluding carboxylic acids is 1. The molecule has 3 fully saturated rings. The second kappa shape index (κ2) is 13.5. The van der Waals surface area contributed by atoms with E-state index < -0.39 is 0 Å². The van der Waals surface area contributed by atoms with Gasteiger partial charge in [0, 0.05) is 44.9 Å². The van der Waals surface area contributed by atoms with Crippen molar-refractivity contribution in [2.75, 3.05) is 44.3 Å². The Balaban J connectivity index is 0.00000306. The summed E-state index contributed by atoms with van der Waals surface area (Å²) in [5.74, 6) is 1.20. The molecule has 3 aliphatic rings. The lowest BCUT2D eigenvalue weighted by Gasteiger charge is -2.35. The third-order valence-corrected chi connectivity index (χ3v) is 6.60. The normalized spacial score (nSPS) is 22.4. The number of likely N-dealkylation sites (tertiary alicyclic amines) is 1. The van der Waals surface area contributed by atoms with Gasteiger partial charge in [-0.15, -0.1) is 24.0 Å². The zero-order valence-corrected chi connectivity index (χ0v) is 22.2. The van der Waals surface area contributed by atoms with Crippen molar-refractivity contribution in [2.24, 2.45) is 4.99 Å². The molecule has 1 atom stereocenters. The monoisotopic (exact) mass is 570 g/mol. The molecule has 4 rings (SSSR count). The summed E-state index contributed by atoms with van der Waals surface area (Å²) in [7, 11) is 0. The molecule has 8 heteroatoms. The number of benzene rings is 1. The van der Waals surface area contributed by atoms with E-state index in [-0.39, 0.29) is 36.0 Å². The number of halogens is 1. The molecule has 3 saturated heterocycles. The number of anilines is 1. The number of guanidine groups is 1. The highest BCUT2D eigenvalue weighted by molar-refractivity contribution is 14.0. The van der Waals surface area contributed by atoms with Crippen LogP contribution >= 0.6 is 24.0 Å². The Kier molecular flexibility index (Phi) is 10.7. The number of ether oxygens (including phenoxy) is 2. The molecule has 3 heterocycles. The van der Waals surface area contributed by atoms with Gasteiger partial charge in [0.1, 0.15) is 0 Å². The standard InChI is InChI=1S/C25H38N4O3.HI/c1-2-26-25(27-18-20-8-10-21(11-9-20)29-14-5-7-24(29)30)28-15-12-22(13-16-28)32-19-23-6-3-4-17-31-23;/h8-11,22-23H,2-7,12-19H2,1H3,(H,26,27);1H. The molecule has 0 bridgehead atoms. The number of aliphatic imine (C=N–C) groups is 1. The SMILES string of the molecule is CCNC(=NCc1ccc(N2CCCC2=O)cc1)N1CCC(OCC2CCCCO2)CC1.I. The first-order valence-corrected chi connectivity index (χ1v) is 12.4. The largest absolute Gasteiger partial charge is 0.376 e. The van der Waals surface area contributed by atoms with E-state index in [0.717, 1.165) is 82.3 Å². The summed E-state index contributed by atoms with van der Waals surface area (Å²) in [6, 6.07) is 8.25. The van der Waals surface area contributed by atoms with Gasteiger partial charge in [0.25, 0.3) is 0 Å². The molecule has 7 nitrogen and oxygen atoms in total. The second-order valence-electron chi connectivity index (χ2n) is 8.99. The van der Waals surface area contributed by atoms with Crippen LogP contribution in [0.25, 0.3) is 0 Å². The summed E-state index contributed by atoms with van der Waals surface area (Å²) < 4.78 is 12.0. The van der Waals surface area contributed by atoms with Gasteiger partial charge in [-0.25, -0.2) is 4.99 Å². The number of nitrogens with zero attached hydrogens (tertiary/aromatic N) is 3. The maximum Gasteiger partial charge on any atom is 0.227 e. The van der Waals surface area contributed by atoms with E-state index in [2.05, 4.69) is 29.3 Å². The first kappa shape index (κ1) is 26.2. The smallest absolute Gasteiger partial charge is 0.227 e. The van der Waals surface area contributed by atoms with Crippen molar-refractivity contribution in [1.29, 1.82) is 0 Å². The molecule has 0 radical (unpaired) electrons. The molecule has 1 unspecified atom stereocenters. The Bertz CT molecular complexity index is 759. The molecule has 0 aromatic heterocycles. The van der Waals surface area contributed by atoms with Crippen LogP contribution in [0.2, 0.25) is 0 Å². The minimum absolute atomic E-state index is 0. The molecule has 33 heavy (non-hydrogen) atoms. The summed E-state index contributed by atoms with van der Waals surface area (Å²) in [6.45, 7) is 7.95. The molecule has 0 aliphatic carbocycles. The van der Waals surface area contributed by atoms with E-state index in [1.807, 2.05) is 17.0 Å². The fourth-order valence-corrected chi connectivity index (χ4v) is 4.71. The number of hydrogen-bond acceptors (Lipinski definition) is 4. The van der Waals surface area contributed by atoms with E-state index in [0.29, 0.717) is 19.1 Å².